The number of nitrogens with zero attached hydrogens (tertiary/aromatic N) is 1. The minimum atomic E-state index is -0.200. The number of hydrogen-bond donors (Lipinski definition) is 0. The van der Waals surface area contributed by atoms with Crippen molar-refractivity contribution in [1.29, 1.82) is 0 Å². The summed E-state index contributed by atoms with van der Waals surface area (Å²) in [6.07, 6.45) is 1.81. The molecule has 0 aromatic heterocycles. The number of carbonyl (C=O) groups excluding carboxylic acids is 1. The van der Waals surface area contributed by atoms with Crippen molar-refractivity contribution in [3.63, 3.8) is 0 Å². The highest BCUT2D eigenvalue weighted by Crippen LogP contribution is 2.39. The molecular formula is C20H17Cl2NO2S2. The summed E-state index contributed by atoms with van der Waals surface area (Å²) in [6.45, 7) is 4.87. The van der Waals surface area contributed by atoms with E-state index in [-0.39, 0.29) is 5.91 Å². The van der Waals surface area contributed by atoms with Crippen molar-refractivity contribution in [2.45, 2.75) is 13.8 Å². The summed E-state index contributed by atoms with van der Waals surface area (Å²) in [5, 5.41) is 0.885. The monoisotopic (exact) mass is 437 g/mol. The van der Waals surface area contributed by atoms with Gasteiger partial charge in [0.1, 0.15) is 5.75 Å². The summed E-state index contributed by atoms with van der Waals surface area (Å²) in [5.74, 6) is 1.07. The Morgan fingerprint density at radius 2 is 1.89 bits per heavy atom. The van der Waals surface area contributed by atoms with Gasteiger partial charge in [-0.15, -0.1) is 0 Å². The maximum atomic E-state index is 12.8. The molecule has 2 aromatic rings. The Bertz CT molecular complexity index is 911. The molecule has 0 saturated carbocycles. The summed E-state index contributed by atoms with van der Waals surface area (Å²) in [5.41, 5.74) is 1.43. The average Bonchev–Trinajstić information content (AvgIpc) is 2.88. The fourth-order valence-electron chi connectivity index (χ4n) is 2.41. The third-order valence-electron chi connectivity index (χ3n) is 3.71. The van der Waals surface area contributed by atoms with Gasteiger partial charge >= 0.3 is 0 Å². The second-order valence-corrected chi connectivity index (χ2v) is 8.91. The first kappa shape index (κ1) is 20.2. The molecule has 0 spiro atoms. The molecule has 0 bridgehead atoms. The van der Waals surface area contributed by atoms with Gasteiger partial charge in [0.15, 0.2) is 4.32 Å². The maximum absolute atomic E-state index is 12.8. The Kier molecular flexibility index (Phi) is 6.48. The number of anilines is 1. The Morgan fingerprint density at radius 1 is 1.19 bits per heavy atom. The topological polar surface area (TPSA) is 29.5 Å². The van der Waals surface area contributed by atoms with Crippen LogP contribution in [-0.2, 0) is 4.79 Å². The van der Waals surface area contributed by atoms with Crippen LogP contribution in [0.1, 0.15) is 19.4 Å². The summed E-state index contributed by atoms with van der Waals surface area (Å²) >= 11 is 18.8. The van der Waals surface area contributed by atoms with Gasteiger partial charge in [0.2, 0.25) is 0 Å². The molecule has 7 heteroatoms. The Labute approximate surface area is 178 Å². The fourth-order valence-corrected chi connectivity index (χ4v) is 4.19. The lowest BCUT2D eigenvalue weighted by Crippen LogP contribution is -2.27. The molecule has 0 aliphatic carbocycles. The van der Waals surface area contributed by atoms with E-state index in [1.54, 1.807) is 18.2 Å². The zero-order valence-electron chi connectivity index (χ0n) is 14.7. The van der Waals surface area contributed by atoms with Crippen LogP contribution in [0.3, 0.4) is 0 Å². The van der Waals surface area contributed by atoms with E-state index in [4.69, 9.17) is 40.2 Å². The molecule has 0 N–H and O–H groups in total. The van der Waals surface area contributed by atoms with E-state index < -0.39 is 0 Å². The van der Waals surface area contributed by atoms with Gasteiger partial charge in [0.05, 0.1) is 22.2 Å². The van der Waals surface area contributed by atoms with Crippen LogP contribution in [0.5, 0.6) is 5.75 Å². The maximum Gasteiger partial charge on any atom is 0.270 e. The van der Waals surface area contributed by atoms with Crippen molar-refractivity contribution in [3.8, 4) is 5.75 Å². The van der Waals surface area contributed by atoms with E-state index in [1.165, 1.54) is 16.7 Å². The van der Waals surface area contributed by atoms with Gasteiger partial charge in [-0.05, 0) is 47.9 Å². The van der Waals surface area contributed by atoms with Crippen molar-refractivity contribution < 1.29 is 9.53 Å². The minimum absolute atomic E-state index is 0.200. The number of benzene rings is 2. The lowest BCUT2D eigenvalue weighted by molar-refractivity contribution is -0.113. The lowest BCUT2D eigenvalue weighted by Gasteiger charge is -2.16. The first-order valence-electron chi connectivity index (χ1n) is 8.31. The van der Waals surface area contributed by atoms with Gasteiger partial charge in [0, 0.05) is 5.02 Å². The van der Waals surface area contributed by atoms with Gasteiger partial charge in [-0.3, -0.25) is 9.69 Å². The molecule has 1 amide bonds. The van der Waals surface area contributed by atoms with Crippen molar-refractivity contribution in [1.82, 2.24) is 0 Å². The van der Waals surface area contributed by atoms with E-state index in [2.05, 4.69) is 13.8 Å². The normalized spacial score (nSPS) is 15.9. The molecule has 0 atom stereocenters. The van der Waals surface area contributed by atoms with E-state index in [1.807, 2.05) is 30.3 Å². The number of amides is 1. The van der Waals surface area contributed by atoms with Gasteiger partial charge < -0.3 is 4.74 Å². The molecule has 2 aromatic carbocycles. The van der Waals surface area contributed by atoms with Gasteiger partial charge in [-0.1, -0.05) is 73.2 Å². The number of thiocarbonyl (C=S) groups is 1. The molecule has 3 nitrogen and oxygen atoms in total. The van der Waals surface area contributed by atoms with Crippen LogP contribution in [0.15, 0.2) is 47.4 Å². The smallest absolute Gasteiger partial charge is 0.270 e. The van der Waals surface area contributed by atoms with E-state index in [0.717, 1.165) is 11.3 Å². The minimum Gasteiger partial charge on any atom is -0.493 e. The first-order valence-corrected chi connectivity index (χ1v) is 10.3. The molecule has 27 heavy (non-hydrogen) atoms. The number of carbonyl (C=O) groups is 1. The third kappa shape index (κ3) is 4.85. The highest BCUT2D eigenvalue weighted by molar-refractivity contribution is 8.27. The van der Waals surface area contributed by atoms with Crippen LogP contribution in [0, 0.1) is 5.92 Å². The van der Waals surface area contributed by atoms with Crippen LogP contribution in [0.25, 0.3) is 6.08 Å². The predicted octanol–water partition coefficient (Wildman–Crippen LogP) is 6.43. The number of thioether (sulfide) groups is 1. The zero-order valence-corrected chi connectivity index (χ0v) is 17.9. The van der Waals surface area contributed by atoms with Crippen LogP contribution >= 0.6 is 47.2 Å². The molecule has 1 aliphatic heterocycles. The highest BCUT2D eigenvalue weighted by atomic mass is 35.5. The summed E-state index contributed by atoms with van der Waals surface area (Å²) in [7, 11) is 0. The van der Waals surface area contributed by atoms with Crippen LogP contribution in [0.4, 0.5) is 5.69 Å². The Morgan fingerprint density at radius 3 is 2.52 bits per heavy atom. The third-order valence-corrected chi connectivity index (χ3v) is 5.55. The van der Waals surface area contributed by atoms with Crippen LogP contribution in [-0.4, -0.2) is 16.8 Å². The standard InChI is InChI=1S/C20H17Cl2NO2S2/c1-12(2)11-25-15-6-3-13(4-7-15)9-18-19(24)23(20(26)27-18)17-8-5-14(21)10-16(17)22/h3-10,12H,11H2,1-2H3/b18-9+. The van der Waals surface area contributed by atoms with Gasteiger partial charge in [0.25, 0.3) is 5.91 Å². The van der Waals surface area contributed by atoms with Crippen molar-refractivity contribution in [2.75, 3.05) is 11.5 Å². The van der Waals surface area contributed by atoms with E-state index in [9.17, 15) is 4.79 Å². The Balaban J connectivity index is 1.80. The SMILES string of the molecule is CC(C)COc1ccc(/C=C2/SC(=S)N(c3ccc(Cl)cc3Cl)C2=O)cc1. The second-order valence-electron chi connectivity index (χ2n) is 6.39. The zero-order chi connectivity index (χ0) is 19.6. The van der Waals surface area contributed by atoms with E-state index in [0.29, 0.717) is 37.5 Å². The highest BCUT2D eigenvalue weighted by Gasteiger charge is 2.34. The molecule has 1 saturated heterocycles. The van der Waals surface area contributed by atoms with Crippen LogP contribution in [0.2, 0.25) is 10.0 Å². The molecular weight excluding hydrogens is 421 g/mol. The average molecular weight is 438 g/mol. The number of halogens is 2. The van der Waals surface area contributed by atoms with Crippen molar-refractivity contribution in [3.05, 3.63) is 63.0 Å². The predicted molar refractivity (Wildman–Crippen MR) is 119 cm³/mol. The number of ether oxygens (including phenoxy) is 1. The van der Waals surface area contributed by atoms with Crippen molar-refractivity contribution >= 4 is 69.2 Å². The molecule has 3 rings (SSSR count). The fraction of sp³-hybridized carbons (Fsp3) is 0.200. The molecule has 1 heterocycles. The van der Waals surface area contributed by atoms with Gasteiger partial charge in [-0.2, -0.15) is 0 Å². The molecule has 0 unspecified atom stereocenters. The molecule has 1 aliphatic rings. The largest absolute Gasteiger partial charge is 0.493 e. The molecule has 1 fully saturated rings. The van der Waals surface area contributed by atoms with Crippen LogP contribution < -0.4 is 9.64 Å². The van der Waals surface area contributed by atoms with E-state index >= 15 is 0 Å². The van der Waals surface area contributed by atoms with Gasteiger partial charge in [-0.25, -0.2) is 0 Å². The number of rotatable bonds is 5. The summed E-state index contributed by atoms with van der Waals surface area (Å²) in [6, 6.07) is 12.6. The lowest BCUT2D eigenvalue weighted by atomic mass is 10.2. The Hall–Kier alpha value is -1.53. The summed E-state index contributed by atoms with van der Waals surface area (Å²) < 4.78 is 6.12. The second kappa shape index (κ2) is 8.65. The molecule has 140 valence electrons. The first-order chi connectivity index (χ1) is 12.8. The number of hydrogen-bond acceptors (Lipinski definition) is 4. The quantitative estimate of drug-likeness (QED) is 0.397. The molecule has 0 radical (unpaired) electrons. The summed E-state index contributed by atoms with van der Waals surface area (Å²) in [4.78, 5) is 14.8. The van der Waals surface area contributed by atoms with Crippen molar-refractivity contribution in [2.24, 2.45) is 5.92 Å².